The Kier molecular flexibility index (Phi) is 19.6. The Balaban J connectivity index is 3.26. The zero-order valence-electron chi connectivity index (χ0n) is 29.2. The number of esters is 1. The number of rotatable bonds is 23. The third-order valence-corrected chi connectivity index (χ3v) is 7.18. The summed E-state index contributed by atoms with van der Waals surface area (Å²) in [5.74, 6) is -3.69. The molecule has 5 atom stereocenters. The van der Waals surface area contributed by atoms with Crippen LogP contribution in [0.3, 0.4) is 0 Å². The Hall–Kier alpha value is -4.74. The molecule has 0 saturated heterocycles. The number of ether oxygens (including phenoxy) is 1. The highest BCUT2D eigenvalue weighted by atomic mass is 16.5. The monoisotopic (exact) mass is 693 g/mol. The fourth-order valence-electron chi connectivity index (χ4n) is 4.77. The maximum Gasteiger partial charge on any atom is 0.328 e. The van der Waals surface area contributed by atoms with Crippen molar-refractivity contribution in [1.29, 1.82) is 0 Å². The summed E-state index contributed by atoms with van der Waals surface area (Å²) in [6.07, 6.45) is 4.90. The van der Waals surface area contributed by atoms with Crippen LogP contribution in [0.1, 0.15) is 78.8 Å². The minimum atomic E-state index is -1.19. The number of amides is 5. The van der Waals surface area contributed by atoms with Crippen molar-refractivity contribution in [1.82, 2.24) is 36.6 Å². The van der Waals surface area contributed by atoms with E-state index >= 15 is 0 Å². The predicted octanol–water partition coefficient (Wildman–Crippen LogP) is -1.79. The topological polar surface area (TPSA) is 291 Å². The first-order valence-corrected chi connectivity index (χ1v) is 16.6. The average molecular weight is 694 g/mol. The first kappa shape index (κ1) is 42.3. The number of nitrogens with one attached hydrogen (secondary N) is 6. The number of guanidine groups is 1. The van der Waals surface area contributed by atoms with Crippen molar-refractivity contribution in [3.63, 3.8) is 0 Å². The van der Waals surface area contributed by atoms with Crippen molar-refractivity contribution in [3.8, 4) is 0 Å². The molecule has 0 radical (unpaired) electrons. The highest BCUT2D eigenvalue weighted by Crippen LogP contribution is 2.10. The van der Waals surface area contributed by atoms with Crippen LogP contribution in [0, 0.1) is 5.92 Å². The molecular formula is C31H55N11O7. The van der Waals surface area contributed by atoms with Gasteiger partial charge in [0.15, 0.2) is 5.96 Å². The van der Waals surface area contributed by atoms with Crippen molar-refractivity contribution in [2.45, 2.75) is 110 Å². The van der Waals surface area contributed by atoms with E-state index in [1.54, 1.807) is 6.92 Å². The van der Waals surface area contributed by atoms with E-state index in [0.29, 0.717) is 31.5 Å². The highest BCUT2D eigenvalue weighted by molar-refractivity contribution is 5.96. The molecule has 1 rings (SSSR count). The van der Waals surface area contributed by atoms with Gasteiger partial charge >= 0.3 is 5.97 Å². The molecule has 0 aliphatic heterocycles. The van der Waals surface area contributed by atoms with Gasteiger partial charge in [0.2, 0.25) is 29.5 Å². The highest BCUT2D eigenvalue weighted by Gasteiger charge is 2.32. The number of carbonyl (C=O) groups is 6. The van der Waals surface area contributed by atoms with E-state index in [0.717, 1.165) is 0 Å². The second-order valence-electron chi connectivity index (χ2n) is 12.1. The first-order valence-electron chi connectivity index (χ1n) is 16.6. The quantitative estimate of drug-likeness (QED) is 0.0267. The number of unbranched alkanes of at least 4 members (excludes halogenated alkanes) is 1. The summed E-state index contributed by atoms with van der Waals surface area (Å²) >= 11 is 0. The van der Waals surface area contributed by atoms with Gasteiger partial charge in [-0.1, -0.05) is 13.8 Å². The van der Waals surface area contributed by atoms with Crippen LogP contribution < -0.4 is 43.8 Å². The van der Waals surface area contributed by atoms with Gasteiger partial charge in [-0.05, 0) is 64.8 Å². The van der Waals surface area contributed by atoms with Gasteiger partial charge in [0.05, 0.1) is 12.9 Å². The largest absolute Gasteiger partial charge is 0.464 e. The molecule has 18 nitrogen and oxygen atoms in total. The smallest absolute Gasteiger partial charge is 0.328 e. The van der Waals surface area contributed by atoms with Gasteiger partial charge in [0.25, 0.3) is 0 Å². The molecule has 0 aliphatic carbocycles. The molecular weight excluding hydrogens is 638 g/mol. The van der Waals surface area contributed by atoms with Gasteiger partial charge < -0.3 is 53.5 Å². The van der Waals surface area contributed by atoms with Gasteiger partial charge in [-0.2, -0.15) is 0 Å². The van der Waals surface area contributed by atoms with Crippen LogP contribution in [0.25, 0.3) is 0 Å². The van der Waals surface area contributed by atoms with Crippen molar-refractivity contribution in [3.05, 3.63) is 18.2 Å². The van der Waals surface area contributed by atoms with E-state index in [9.17, 15) is 28.8 Å². The maximum atomic E-state index is 13.8. The number of H-pyrrole nitrogens is 1. The Labute approximate surface area is 287 Å². The zero-order chi connectivity index (χ0) is 36.9. The molecule has 1 aromatic heterocycles. The molecule has 0 fully saturated rings. The maximum absolute atomic E-state index is 13.8. The molecule has 0 saturated carbocycles. The summed E-state index contributed by atoms with van der Waals surface area (Å²) in [4.78, 5) is 88.7. The fourth-order valence-corrected chi connectivity index (χ4v) is 4.77. The summed E-state index contributed by atoms with van der Waals surface area (Å²) in [5.41, 5.74) is 17.0. The van der Waals surface area contributed by atoms with Crippen LogP contribution in [0.4, 0.5) is 0 Å². The summed E-state index contributed by atoms with van der Waals surface area (Å²) in [7, 11) is 0. The minimum absolute atomic E-state index is 0.00840. The summed E-state index contributed by atoms with van der Waals surface area (Å²) in [6, 6.07) is -5.25. The fraction of sp³-hybridized carbons (Fsp3) is 0.677. The molecule has 276 valence electrons. The lowest BCUT2D eigenvalue weighted by atomic mass is 10.0. The molecule has 49 heavy (non-hydrogen) atoms. The number of aliphatic imine (C=N–C) groups is 1. The number of imidazole rings is 1. The molecule has 18 heteroatoms. The standard InChI is InChI=1S/C31H55N11O7/c1-6-49-30(48)23(11-9-13-36-31(33)34)40-29(47)25(15-21-16-35-17-37-21)42-27(45)22(10-7-8-12-32)39-28(46)24(14-18(2)3)41-26(44)19(4)38-20(5)43/h16-19,22-25H,6-15,32H2,1-5H3,(H,35,37)(H,38,43)(H,39,46)(H,40,47)(H,41,44)(H,42,45)(H4,33,34,36)/t19-,22-,23-,24-,25-/m0/s1. The van der Waals surface area contributed by atoms with Gasteiger partial charge in [-0.25, -0.2) is 9.78 Å². The number of aromatic nitrogens is 2. The van der Waals surface area contributed by atoms with E-state index in [-0.39, 0.29) is 50.7 Å². The number of aromatic amines is 1. The summed E-state index contributed by atoms with van der Waals surface area (Å²) < 4.78 is 5.15. The van der Waals surface area contributed by atoms with Gasteiger partial charge in [0.1, 0.15) is 30.2 Å². The lowest BCUT2D eigenvalue weighted by molar-refractivity contribution is -0.148. The SMILES string of the molecule is CCOC(=O)[C@H](CCCN=C(N)N)NC(=O)[C@H](Cc1cnc[nH]1)NC(=O)[C@H](CCCCN)NC(=O)[C@H](CC(C)C)NC(=O)[C@H](C)NC(C)=O. The van der Waals surface area contributed by atoms with Crippen molar-refractivity contribution < 1.29 is 33.5 Å². The van der Waals surface area contributed by atoms with Crippen LogP contribution in [0.5, 0.6) is 0 Å². The van der Waals surface area contributed by atoms with Gasteiger partial charge in [0, 0.05) is 31.8 Å². The lowest BCUT2D eigenvalue weighted by Gasteiger charge is -2.27. The van der Waals surface area contributed by atoms with Crippen LogP contribution in [-0.4, -0.2) is 101 Å². The molecule has 5 amide bonds. The van der Waals surface area contributed by atoms with Gasteiger partial charge in [-0.15, -0.1) is 0 Å². The number of hydrogen-bond donors (Lipinski definition) is 9. The van der Waals surface area contributed by atoms with E-state index in [1.807, 2.05) is 13.8 Å². The third-order valence-electron chi connectivity index (χ3n) is 7.18. The second-order valence-corrected chi connectivity index (χ2v) is 12.1. The van der Waals surface area contributed by atoms with E-state index in [1.165, 1.54) is 26.4 Å². The molecule has 0 spiro atoms. The molecule has 1 aromatic rings. The van der Waals surface area contributed by atoms with Crippen molar-refractivity contribution >= 4 is 41.5 Å². The zero-order valence-corrected chi connectivity index (χ0v) is 29.2. The minimum Gasteiger partial charge on any atom is -0.464 e. The predicted molar refractivity (Wildman–Crippen MR) is 182 cm³/mol. The number of hydrogen-bond acceptors (Lipinski definition) is 10. The van der Waals surface area contributed by atoms with E-state index in [2.05, 4.69) is 41.5 Å². The lowest BCUT2D eigenvalue weighted by Crippen LogP contribution is -2.59. The normalized spacial score (nSPS) is 13.9. The molecule has 0 aliphatic rings. The molecule has 1 heterocycles. The van der Waals surface area contributed by atoms with Crippen LogP contribution in [0.2, 0.25) is 0 Å². The molecule has 0 aromatic carbocycles. The number of nitrogens with zero attached hydrogens (tertiary/aromatic N) is 2. The third kappa shape index (κ3) is 17.3. The van der Waals surface area contributed by atoms with E-state index < -0.39 is 65.7 Å². The Morgan fingerprint density at radius 1 is 0.837 bits per heavy atom. The average Bonchev–Trinajstić information content (AvgIpc) is 3.53. The molecule has 12 N–H and O–H groups in total. The Morgan fingerprint density at radius 2 is 1.43 bits per heavy atom. The summed E-state index contributed by atoms with van der Waals surface area (Å²) in [5, 5.41) is 13.3. The first-order chi connectivity index (χ1) is 23.2. The van der Waals surface area contributed by atoms with E-state index in [4.69, 9.17) is 21.9 Å². The number of nitrogens with two attached hydrogens (primary N) is 3. The second kappa shape index (κ2) is 22.8. The van der Waals surface area contributed by atoms with Crippen molar-refractivity contribution in [2.24, 2.45) is 28.1 Å². The molecule has 0 unspecified atom stereocenters. The molecule has 0 bridgehead atoms. The van der Waals surface area contributed by atoms with Crippen LogP contribution in [0.15, 0.2) is 17.5 Å². The Morgan fingerprint density at radius 3 is 2.00 bits per heavy atom. The summed E-state index contributed by atoms with van der Waals surface area (Å²) in [6.45, 7) is 8.82. The Bertz CT molecular complexity index is 1240. The van der Waals surface area contributed by atoms with Gasteiger partial charge in [-0.3, -0.25) is 29.0 Å². The van der Waals surface area contributed by atoms with Crippen molar-refractivity contribution in [2.75, 3.05) is 19.7 Å². The van der Waals surface area contributed by atoms with Crippen LogP contribution in [-0.2, 0) is 39.9 Å². The van der Waals surface area contributed by atoms with Crippen LogP contribution >= 0.6 is 0 Å². The number of carbonyl (C=O) groups excluding carboxylic acids is 6.